The van der Waals surface area contributed by atoms with Crippen molar-refractivity contribution in [3.05, 3.63) is 48.5 Å². The molecule has 0 unspecified atom stereocenters. The summed E-state index contributed by atoms with van der Waals surface area (Å²) in [6, 6.07) is 3.84. The van der Waals surface area contributed by atoms with Gasteiger partial charge in [0.05, 0.1) is 0 Å². The van der Waals surface area contributed by atoms with Crippen LogP contribution in [0.3, 0.4) is 0 Å². The Morgan fingerprint density at radius 1 is 1.43 bits per heavy atom. The van der Waals surface area contributed by atoms with E-state index in [2.05, 4.69) is 16.6 Å². The molecule has 0 fully saturated rings. The molecule has 2 rings (SSSR count). The van der Waals surface area contributed by atoms with Gasteiger partial charge < -0.3 is 4.74 Å². The zero-order chi connectivity index (χ0) is 9.80. The summed E-state index contributed by atoms with van der Waals surface area (Å²) >= 11 is 0. The van der Waals surface area contributed by atoms with Crippen molar-refractivity contribution in [2.75, 3.05) is 0 Å². The lowest BCUT2D eigenvalue weighted by Gasteiger charge is -2.06. The standard InChI is InChI=1S/C11H10N2O/c1-9-4-7-12-8-5-10-3-2-6-13-11(10)14-9/h2-4,6-8H,1,5H2/b7-4-,12-8?. The lowest BCUT2D eigenvalue weighted by Crippen LogP contribution is -1.97. The first-order chi connectivity index (χ1) is 6.86. The van der Waals surface area contributed by atoms with E-state index in [1.807, 2.05) is 18.3 Å². The van der Waals surface area contributed by atoms with Crippen molar-refractivity contribution in [2.45, 2.75) is 6.42 Å². The van der Waals surface area contributed by atoms with E-state index in [-0.39, 0.29) is 0 Å². The molecule has 0 atom stereocenters. The normalized spacial score (nSPS) is 17.3. The third-order valence-electron chi connectivity index (χ3n) is 1.84. The molecule has 0 aromatic carbocycles. The number of fused-ring (bicyclic) bond motifs is 1. The number of nitrogens with zero attached hydrogens (tertiary/aromatic N) is 2. The molecule has 3 heteroatoms. The van der Waals surface area contributed by atoms with Crippen molar-refractivity contribution >= 4 is 6.21 Å². The predicted octanol–water partition coefficient (Wildman–Crippen LogP) is 2.11. The highest BCUT2D eigenvalue weighted by Crippen LogP contribution is 2.17. The topological polar surface area (TPSA) is 34.5 Å². The fraction of sp³-hybridized carbons (Fsp3) is 0.0909. The van der Waals surface area contributed by atoms with E-state index in [0.717, 1.165) is 12.0 Å². The molecular weight excluding hydrogens is 176 g/mol. The third kappa shape index (κ3) is 1.88. The zero-order valence-corrected chi connectivity index (χ0v) is 7.68. The van der Waals surface area contributed by atoms with Crippen LogP contribution >= 0.6 is 0 Å². The van der Waals surface area contributed by atoms with Gasteiger partial charge in [0.25, 0.3) is 0 Å². The smallest absolute Gasteiger partial charge is 0.222 e. The van der Waals surface area contributed by atoms with E-state index in [9.17, 15) is 0 Å². The van der Waals surface area contributed by atoms with E-state index >= 15 is 0 Å². The molecule has 1 aliphatic heterocycles. The Kier molecular flexibility index (Phi) is 2.40. The van der Waals surface area contributed by atoms with Crippen LogP contribution in [0.25, 0.3) is 0 Å². The van der Waals surface area contributed by atoms with Crippen LogP contribution < -0.4 is 4.74 Å². The lowest BCUT2D eigenvalue weighted by atomic mass is 10.2. The summed E-state index contributed by atoms with van der Waals surface area (Å²) in [7, 11) is 0. The highest BCUT2D eigenvalue weighted by molar-refractivity contribution is 5.63. The molecule has 0 bridgehead atoms. The maximum absolute atomic E-state index is 5.44. The Labute approximate surface area is 82.5 Å². The maximum Gasteiger partial charge on any atom is 0.222 e. The molecule has 1 aromatic heterocycles. The molecule has 0 N–H and O–H groups in total. The average molecular weight is 186 g/mol. The molecule has 0 saturated carbocycles. The molecule has 70 valence electrons. The lowest BCUT2D eigenvalue weighted by molar-refractivity contribution is 0.425. The van der Waals surface area contributed by atoms with Gasteiger partial charge in [-0.2, -0.15) is 0 Å². The van der Waals surface area contributed by atoms with Crippen LogP contribution in [0.15, 0.2) is 47.9 Å². The molecule has 0 aliphatic carbocycles. The summed E-state index contributed by atoms with van der Waals surface area (Å²) in [4.78, 5) is 8.20. The summed E-state index contributed by atoms with van der Waals surface area (Å²) in [6.45, 7) is 3.73. The number of ether oxygens (including phenoxy) is 1. The minimum atomic E-state index is 0.545. The Bertz CT molecular complexity index is 408. The van der Waals surface area contributed by atoms with Gasteiger partial charge in [-0.25, -0.2) is 4.98 Å². The first kappa shape index (κ1) is 8.69. The highest BCUT2D eigenvalue weighted by atomic mass is 16.5. The molecule has 14 heavy (non-hydrogen) atoms. The Hall–Kier alpha value is -1.90. The first-order valence-corrected chi connectivity index (χ1v) is 4.35. The molecule has 0 spiro atoms. The molecule has 0 saturated heterocycles. The SMILES string of the molecule is C=C1/C=C\N=CCc2cccnc2O1. The van der Waals surface area contributed by atoms with E-state index in [4.69, 9.17) is 4.74 Å². The van der Waals surface area contributed by atoms with Crippen molar-refractivity contribution in [2.24, 2.45) is 4.99 Å². The first-order valence-electron chi connectivity index (χ1n) is 4.35. The van der Waals surface area contributed by atoms with Crippen LogP contribution in [0.1, 0.15) is 5.56 Å². The van der Waals surface area contributed by atoms with Crippen LogP contribution in [0.5, 0.6) is 5.88 Å². The average Bonchev–Trinajstić information content (AvgIpc) is 2.27. The summed E-state index contributed by atoms with van der Waals surface area (Å²) < 4.78 is 5.44. The van der Waals surface area contributed by atoms with E-state index in [1.54, 1.807) is 18.5 Å². The maximum atomic E-state index is 5.44. The largest absolute Gasteiger partial charge is 0.439 e. The Balaban J connectivity index is 2.39. The van der Waals surface area contributed by atoms with Gasteiger partial charge in [-0.15, -0.1) is 0 Å². The van der Waals surface area contributed by atoms with Crippen LogP contribution in [0, 0.1) is 0 Å². The van der Waals surface area contributed by atoms with Crippen LogP contribution in [-0.2, 0) is 6.42 Å². The number of hydrogen-bond acceptors (Lipinski definition) is 3. The van der Waals surface area contributed by atoms with Gasteiger partial charge in [-0.05, 0) is 12.1 Å². The van der Waals surface area contributed by atoms with Crippen molar-refractivity contribution < 1.29 is 4.74 Å². The fourth-order valence-electron chi connectivity index (χ4n) is 1.17. The second-order valence-electron chi connectivity index (χ2n) is 2.89. The van der Waals surface area contributed by atoms with Crippen LogP contribution in [0.4, 0.5) is 0 Å². The zero-order valence-electron chi connectivity index (χ0n) is 7.68. The van der Waals surface area contributed by atoms with Gasteiger partial charge >= 0.3 is 0 Å². The van der Waals surface area contributed by atoms with Crippen LogP contribution in [0.2, 0.25) is 0 Å². The predicted molar refractivity (Wildman–Crippen MR) is 55.3 cm³/mol. The van der Waals surface area contributed by atoms with Gasteiger partial charge in [0.2, 0.25) is 5.88 Å². The number of allylic oxidation sites excluding steroid dienone is 1. The number of aliphatic imine (C=N–C) groups is 1. The molecule has 3 nitrogen and oxygen atoms in total. The summed E-state index contributed by atoms with van der Waals surface area (Å²) in [5.74, 6) is 1.15. The molecule has 1 aliphatic rings. The summed E-state index contributed by atoms with van der Waals surface area (Å²) in [5.41, 5.74) is 1.01. The van der Waals surface area contributed by atoms with Crippen molar-refractivity contribution in [1.82, 2.24) is 4.98 Å². The van der Waals surface area contributed by atoms with E-state index in [1.165, 1.54) is 0 Å². The third-order valence-corrected chi connectivity index (χ3v) is 1.84. The quantitative estimate of drug-likeness (QED) is 0.622. The molecule has 0 radical (unpaired) electrons. The minimum absolute atomic E-state index is 0.545. The molecule has 0 amide bonds. The second-order valence-corrected chi connectivity index (χ2v) is 2.89. The summed E-state index contributed by atoms with van der Waals surface area (Å²) in [5, 5.41) is 0. The van der Waals surface area contributed by atoms with Crippen LogP contribution in [-0.4, -0.2) is 11.2 Å². The Morgan fingerprint density at radius 2 is 2.36 bits per heavy atom. The summed E-state index contributed by atoms with van der Waals surface area (Å²) in [6.07, 6.45) is 7.61. The molecule has 1 aromatic rings. The van der Waals surface area contributed by atoms with Crippen molar-refractivity contribution in [3.8, 4) is 5.88 Å². The highest BCUT2D eigenvalue weighted by Gasteiger charge is 2.04. The minimum Gasteiger partial charge on any atom is -0.439 e. The second kappa shape index (κ2) is 3.87. The van der Waals surface area contributed by atoms with Gasteiger partial charge in [-0.3, -0.25) is 4.99 Å². The van der Waals surface area contributed by atoms with E-state index in [0.29, 0.717) is 11.6 Å². The fourth-order valence-corrected chi connectivity index (χ4v) is 1.17. The molecular formula is C11H10N2O. The number of rotatable bonds is 0. The van der Waals surface area contributed by atoms with E-state index < -0.39 is 0 Å². The number of hydrogen-bond donors (Lipinski definition) is 0. The van der Waals surface area contributed by atoms with Gasteiger partial charge in [0, 0.05) is 30.6 Å². The van der Waals surface area contributed by atoms with Gasteiger partial charge in [-0.1, -0.05) is 12.6 Å². The number of pyridine rings is 1. The van der Waals surface area contributed by atoms with Crippen molar-refractivity contribution in [1.29, 1.82) is 0 Å². The molecule has 2 heterocycles. The van der Waals surface area contributed by atoms with Gasteiger partial charge in [0.15, 0.2) is 0 Å². The monoisotopic (exact) mass is 186 g/mol. The number of aromatic nitrogens is 1. The Morgan fingerprint density at radius 3 is 3.29 bits per heavy atom. The van der Waals surface area contributed by atoms with Gasteiger partial charge in [0.1, 0.15) is 5.76 Å². The van der Waals surface area contributed by atoms with Crippen molar-refractivity contribution in [3.63, 3.8) is 0 Å².